The number of rotatable bonds is 3. The van der Waals surface area contributed by atoms with E-state index in [4.69, 9.17) is 0 Å². The first-order valence-electron chi connectivity index (χ1n) is 5.27. The molecule has 0 radical (unpaired) electrons. The van der Waals surface area contributed by atoms with Gasteiger partial charge >= 0.3 is 0 Å². The molecule has 0 bridgehead atoms. The van der Waals surface area contributed by atoms with Crippen LogP contribution in [-0.2, 0) is 0 Å². The molecular formula is C12H13N3OS. The van der Waals surface area contributed by atoms with Crippen LogP contribution in [0.2, 0.25) is 0 Å². The van der Waals surface area contributed by atoms with Gasteiger partial charge in [-0.3, -0.25) is 0 Å². The monoisotopic (exact) mass is 247 g/mol. The highest BCUT2D eigenvalue weighted by atomic mass is 32.2. The van der Waals surface area contributed by atoms with Crippen molar-refractivity contribution in [2.45, 2.75) is 30.1 Å². The molecule has 2 aromatic rings. The van der Waals surface area contributed by atoms with E-state index in [9.17, 15) is 5.11 Å². The minimum absolute atomic E-state index is 0.545. The van der Waals surface area contributed by atoms with Gasteiger partial charge in [0, 0.05) is 23.7 Å². The summed E-state index contributed by atoms with van der Waals surface area (Å²) in [5.74, 6) is 0. The summed E-state index contributed by atoms with van der Waals surface area (Å²) in [6.07, 6.45) is 2.87. The predicted octanol–water partition coefficient (Wildman–Crippen LogP) is 2.38. The maximum absolute atomic E-state index is 9.64. The van der Waals surface area contributed by atoms with Gasteiger partial charge in [0.15, 0.2) is 5.16 Å². The molecule has 2 heterocycles. The van der Waals surface area contributed by atoms with Crippen molar-refractivity contribution in [3.8, 4) is 0 Å². The maximum atomic E-state index is 9.64. The highest BCUT2D eigenvalue weighted by Gasteiger charge is 2.11. The molecule has 0 saturated heterocycles. The summed E-state index contributed by atoms with van der Waals surface area (Å²) in [6.45, 7) is 3.64. The zero-order valence-electron chi connectivity index (χ0n) is 9.66. The lowest BCUT2D eigenvalue weighted by molar-refractivity contribution is 0.195. The topological polar surface area (TPSA) is 58.9 Å². The van der Waals surface area contributed by atoms with Gasteiger partial charge in [-0.05, 0) is 37.7 Å². The average molecular weight is 247 g/mol. The Morgan fingerprint density at radius 1 is 1.24 bits per heavy atom. The molecule has 0 fully saturated rings. The van der Waals surface area contributed by atoms with Gasteiger partial charge in [0.2, 0.25) is 0 Å². The maximum Gasteiger partial charge on any atom is 0.194 e. The molecule has 0 amide bonds. The van der Waals surface area contributed by atoms with Gasteiger partial charge < -0.3 is 5.11 Å². The second-order valence-corrected chi connectivity index (χ2v) is 4.61. The SMILES string of the molecule is Cc1ccnc(Sc2ncccc2[C@H](C)O)n1. The number of nitrogens with zero attached hydrogens (tertiary/aromatic N) is 3. The highest BCUT2D eigenvalue weighted by molar-refractivity contribution is 7.99. The Hall–Kier alpha value is -1.46. The fraction of sp³-hybridized carbons (Fsp3) is 0.250. The smallest absolute Gasteiger partial charge is 0.194 e. The van der Waals surface area contributed by atoms with Crippen LogP contribution in [0.25, 0.3) is 0 Å². The standard InChI is InChI=1S/C12H13N3OS/c1-8-5-7-14-12(15-8)17-11-10(9(2)16)4-3-6-13-11/h3-7,9,16H,1-2H3/t9-/m0/s1. The number of aliphatic hydroxyl groups excluding tert-OH is 1. The Morgan fingerprint density at radius 3 is 2.76 bits per heavy atom. The molecule has 0 aliphatic heterocycles. The van der Waals surface area contributed by atoms with Crippen molar-refractivity contribution < 1.29 is 5.11 Å². The van der Waals surface area contributed by atoms with Crippen LogP contribution < -0.4 is 0 Å². The second-order valence-electron chi connectivity index (χ2n) is 3.66. The van der Waals surface area contributed by atoms with Crippen LogP contribution in [0.15, 0.2) is 40.8 Å². The molecule has 0 aliphatic rings. The Bertz CT molecular complexity index is 517. The molecule has 4 nitrogen and oxygen atoms in total. The molecule has 2 aromatic heterocycles. The molecule has 0 spiro atoms. The van der Waals surface area contributed by atoms with Crippen LogP contribution in [0.1, 0.15) is 24.3 Å². The van der Waals surface area contributed by atoms with Crippen LogP contribution in [-0.4, -0.2) is 20.1 Å². The molecule has 2 rings (SSSR count). The van der Waals surface area contributed by atoms with Crippen molar-refractivity contribution in [2.75, 3.05) is 0 Å². The van der Waals surface area contributed by atoms with Crippen LogP contribution in [0.3, 0.4) is 0 Å². The van der Waals surface area contributed by atoms with Gasteiger partial charge in [0.05, 0.1) is 6.10 Å². The Balaban J connectivity index is 2.30. The van der Waals surface area contributed by atoms with E-state index in [1.54, 1.807) is 19.3 Å². The Kier molecular flexibility index (Phi) is 3.71. The predicted molar refractivity (Wildman–Crippen MR) is 65.8 cm³/mol. The van der Waals surface area contributed by atoms with Crippen molar-refractivity contribution in [3.05, 3.63) is 41.9 Å². The molecule has 0 aliphatic carbocycles. The van der Waals surface area contributed by atoms with Gasteiger partial charge in [-0.25, -0.2) is 15.0 Å². The van der Waals surface area contributed by atoms with Gasteiger partial charge in [-0.1, -0.05) is 6.07 Å². The number of hydrogen-bond acceptors (Lipinski definition) is 5. The summed E-state index contributed by atoms with van der Waals surface area (Å²) >= 11 is 1.36. The average Bonchev–Trinajstić information content (AvgIpc) is 2.29. The first-order chi connectivity index (χ1) is 8.16. The molecule has 5 heteroatoms. The van der Waals surface area contributed by atoms with Crippen LogP contribution >= 0.6 is 11.8 Å². The van der Waals surface area contributed by atoms with E-state index in [0.717, 1.165) is 16.3 Å². The van der Waals surface area contributed by atoms with Crippen molar-refractivity contribution >= 4 is 11.8 Å². The van der Waals surface area contributed by atoms with E-state index in [2.05, 4.69) is 15.0 Å². The lowest BCUT2D eigenvalue weighted by Crippen LogP contribution is -1.97. The van der Waals surface area contributed by atoms with E-state index >= 15 is 0 Å². The van der Waals surface area contributed by atoms with Crippen molar-refractivity contribution in [1.29, 1.82) is 0 Å². The molecule has 0 unspecified atom stereocenters. The van der Waals surface area contributed by atoms with E-state index < -0.39 is 6.10 Å². The minimum atomic E-state index is -0.545. The first-order valence-corrected chi connectivity index (χ1v) is 6.09. The third-order valence-corrected chi connectivity index (χ3v) is 3.13. The van der Waals surface area contributed by atoms with Gasteiger partial charge in [-0.15, -0.1) is 0 Å². The summed E-state index contributed by atoms with van der Waals surface area (Å²) in [6, 6.07) is 5.51. The van der Waals surface area contributed by atoms with E-state index in [-0.39, 0.29) is 0 Å². The number of aliphatic hydroxyl groups is 1. The minimum Gasteiger partial charge on any atom is -0.389 e. The second kappa shape index (κ2) is 5.25. The van der Waals surface area contributed by atoms with Crippen LogP contribution in [0.4, 0.5) is 0 Å². The molecule has 17 heavy (non-hydrogen) atoms. The Morgan fingerprint density at radius 2 is 2.06 bits per heavy atom. The molecule has 1 atom stereocenters. The summed E-state index contributed by atoms with van der Waals surface area (Å²) in [4.78, 5) is 12.7. The summed E-state index contributed by atoms with van der Waals surface area (Å²) in [5, 5.41) is 11.0. The quantitative estimate of drug-likeness (QED) is 0.844. The Labute approximate surface area is 104 Å². The lowest BCUT2D eigenvalue weighted by Gasteiger charge is -2.09. The summed E-state index contributed by atoms with van der Waals surface area (Å²) in [7, 11) is 0. The van der Waals surface area contributed by atoms with Gasteiger partial charge in [0.1, 0.15) is 5.03 Å². The number of pyridine rings is 1. The molecule has 0 aromatic carbocycles. The summed E-state index contributed by atoms with van der Waals surface area (Å²) in [5.41, 5.74) is 1.71. The third-order valence-electron chi connectivity index (χ3n) is 2.21. The normalized spacial score (nSPS) is 12.4. The molecule has 0 saturated carbocycles. The highest BCUT2D eigenvalue weighted by Crippen LogP contribution is 2.28. The molecule has 1 N–H and O–H groups in total. The fourth-order valence-corrected chi connectivity index (χ4v) is 2.31. The summed E-state index contributed by atoms with van der Waals surface area (Å²) < 4.78 is 0. The largest absolute Gasteiger partial charge is 0.389 e. The van der Waals surface area contributed by atoms with Gasteiger partial charge in [0.25, 0.3) is 0 Å². The zero-order chi connectivity index (χ0) is 12.3. The number of aryl methyl sites for hydroxylation is 1. The zero-order valence-corrected chi connectivity index (χ0v) is 10.5. The van der Waals surface area contributed by atoms with E-state index in [1.165, 1.54) is 11.8 Å². The first kappa shape index (κ1) is 12.0. The van der Waals surface area contributed by atoms with Crippen molar-refractivity contribution in [2.24, 2.45) is 0 Å². The van der Waals surface area contributed by atoms with Crippen LogP contribution in [0.5, 0.6) is 0 Å². The third kappa shape index (κ3) is 3.01. The van der Waals surface area contributed by atoms with E-state index in [0.29, 0.717) is 5.16 Å². The molecular weight excluding hydrogens is 234 g/mol. The van der Waals surface area contributed by atoms with E-state index in [1.807, 2.05) is 25.1 Å². The van der Waals surface area contributed by atoms with Crippen molar-refractivity contribution in [1.82, 2.24) is 15.0 Å². The van der Waals surface area contributed by atoms with Gasteiger partial charge in [-0.2, -0.15) is 0 Å². The van der Waals surface area contributed by atoms with Crippen molar-refractivity contribution in [3.63, 3.8) is 0 Å². The lowest BCUT2D eigenvalue weighted by atomic mass is 10.2. The number of hydrogen-bond donors (Lipinski definition) is 1. The number of aromatic nitrogens is 3. The molecule has 88 valence electrons. The fourth-order valence-electron chi connectivity index (χ4n) is 1.37. The van der Waals surface area contributed by atoms with Crippen LogP contribution in [0, 0.1) is 6.92 Å².